The molecule has 2 aromatic carbocycles. The largest absolute Gasteiger partial charge is 0.478 e. The third-order valence-corrected chi connectivity index (χ3v) is 3.99. The zero-order chi connectivity index (χ0) is 16.6. The van der Waals surface area contributed by atoms with Crippen LogP contribution in [0.5, 0.6) is 0 Å². The van der Waals surface area contributed by atoms with Crippen molar-refractivity contribution in [3.8, 4) is 0 Å². The second-order valence-electron chi connectivity index (χ2n) is 5.60. The molecule has 0 saturated carbocycles. The SMILES string of the molecule is Cc1cccc(C)c1Cc1nc2cc(C(=O)O)ccc2c(=O)[nH]1. The fourth-order valence-electron chi connectivity index (χ4n) is 2.70. The number of aromatic carboxylic acids is 1. The fourth-order valence-corrected chi connectivity index (χ4v) is 2.70. The number of carbonyl (C=O) groups is 1. The number of nitrogens with zero attached hydrogens (tertiary/aromatic N) is 1. The molecule has 0 unspecified atom stereocenters. The highest BCUT2D eigenvalue weighted by atomic mass is 16.4. The lowest BCUT2D eigenvalue weighted by Crippen LogP contribution is -2.13. The highest BCUT2D eigenvalue weighted by Crippen LogP contribution is 2.17. The first-order valence-electron chi connectivity index (χ1n) is 7.27. The van der Waals surface area contributed by atoms with Crippen LogP contribution in [0.15, 0.2) is 41.2 Å². The summed E-state index contributed by atoms with van der Waals surface area (Å²) < 4.78 is 0. The van der Waals surface area contributed by atoms with E-state index in [1.807, 2.05) is 32.0 Å². The van der Waals surface area contributed by atoms with Crippen LogP contribution < -0.4 is 5.56 Å². The molecule has 0 aliphatic rings. The molecule has 0 aliphatic heterocycles. The molecule has 0 amide bonds. The van der Waals surface area contributed by atoms with Gasteiger partial charge in [0.25, 0.3) is 5.56 Å². The van der Waals surface area contributed by atoms with Crippen molar-refractivity contribution in [3.63, 3.8) is 0 Å². The van der Waals surface area contributed by atoms with E-state index in [-0.39, 0.29) is 11.1 Å². The predicted molar refractivity (Wildman–Crippen MR) is 88.0 cm³/mol. The van der Waals surface area contributed by atoms with Gasteiger partial charge < -0.3 is 10.1 Å². The van der Waals surface area contributed by atoms with Crippen LogP contribution in [0.3, 0.4) is 0 Å². The van der Waals surface area contributed by atoms with E-state index in [0.717, 1.165) is 16.7 Å². The maximum absolute atomic E-state index is 12.2. The lowest BCUT2D eigenvalue weighted by atomic mass is 10.00. The molecular formula is C18H16N2O3. The first-order valence-corrected chi connectivity index (χ1v) is 7.27. The average molecular weight is 308 g/mol. The number of carboxylic acid groups (broad SMARTS) is 1. The van der Waals surface area contributed by atoms with E-state index in [1.165, 1.54) is 18.2 Å². The van der Waals surface area contributed by atoms with Crippen molar-refractivity contribution in [1.82, 2.24) is 9.97 Å². The fraction of sp³-hybridized carbons (Fsp3) is 0.167. The quantitative estimate of drug-likeness (QED) is 0.779. The maximum Gasteiger partial charge on any atom is 0.335 e. The smallest absolute Gasteiger partial charge is 0.335 e. The Kier molecular flexibility index (Phi) is 3.70. The zero-order valence-electron chi connectivity index (χ0n) is 12.9. The minimum atomic E-state index is -1.04. The Morgan fingerprint density at radius 2 is 1.87 bits per heavy atom. The Labute approximate surface area is 132 Å². The van der Waals surface area contributed by atoms with Gasteiger partial charge in [0.15, 0.2) is 0 Å². The number of rotatable bonds is 3. The molecule has 0 spiro atoms. The van der Waals surface area contributed by atoms with Crippen molar-refractivity contribution in [2.24, 2.45) is 0 Å². The van der Waals surface area contributed by atoms with Crippen LogP contribution in [0.25, 0.3) is 10.9 Å². The molecule has 2 N–H and O–H groups in total. The number of nitrogens with one attached hydrogen (secondary N) is 1. The average Bonchev–Trinajstić information content (AvgIpc) is 2.50. The van der Waals surface area contributed by atoms with Gasteiger partial charge in [-0.3, -0.25) is 4.79 Å². The van der Waals surface area contributed by atoms with Crippen molar-refractivity contribution in [3.05, 3.63) is 74.8 Å². The summed E-state index contributed by atoms with van der Waals surface area (Å²) in [5, 5.41) is 9.47. The summed E-state index contributed by atoms with van der Waals surface area (Å²) in [6, 6.07) is 10.4. The van der Waals surface area contributed by atoms with Gasteiger partial charge in [-0.15, -0.1) is 0 Å². The van der Waals surface area contributed by atoms with Crippen LogP contribution in [0, 0.1) is 13.8 Å². The molecule has 0 radical (unpaired) electrons. The Bertz CT molecular complexity index is 953. The summed E-state index contributed by atoms with van der Waals surface area (Å²) in [6.45, 7) is 4.04. The zero-order valence-corrected chi connectivity index (χ0v) is 12.9. The van der Waals surface area contributed by atoms with E-state index < -0.39 is 5.97 Å². The lowest BCUT2D eigenvalue weighted by Gasteiger charge is -2.09. The first-order chi connectivity index (χ1) is 11.0. The molecule has 1 heterocycles. The van der Waals surface area contributed by atoms with E-state index in [4.69, 9.17) is 5.11 Å². The molecular weight excluding hydrogens is 292 g/mol. The van der Waals surface area contributed by atoms with Gasteiger partial charge in [-0.1, -0.05) is 18.2 Å². The molecule has 0 fully saturated rings. The van der Waals surface area contributed by atoms with Crippen LogP contribution in [0.4, 0.5) is 0 Å². The Morgan fingerprint density at radius 1 is 1.17 bits per heavy atom. The van der Waals surface area contributed by atoms with Gasteiger partial charge in [-0.05, 0) is 48.7 Å². The van der Waals surface area contributed by atoms with Crippen LogP contribution in [0.1, 0.15) is 32.9 Å². The number of hydrogen-bond acceptors (Lipinski definition) is 3. The second kappa shape index (κ2) is 5.68. The predicted octanol–water partition coefficient (Wildman–Crippen LogP) is 2.83. The van der Waals surface area contributed by atoms with Gasteiger partial charge >= 0.3 is 5.97 Å². The Morgan fingerprint density at radius 3 is 2.52 bits per heavy atom. The van der Waals surface area contributed by atoms with E-state index in [9.17, 15) is 9.59 Å². The number of carboxylic acids is 1. The van der Waals surface area contributed by atoms with Crippen molar-refractivity contribution < 1.29 is 9.90 Å². The maximum atomic E-state index is 12.2. The van der Waals surface area contributed by atoms with Crippen molar-refractivity contribution in [2.75, 3.05) is 0 Å². The van der Waals surface area contributed by atoms with E-state index >= 15 is 0 Å². The summed E-state index contributed by atoms with van der Waals surface area (Å²) in [7, 11) is 0. The van der Waals surface area contributed by atoms with Gasteiger partial charge in [0.2, 0.25) is 0 Å². The van der Waals surface area contributed by atoms with Crippen molar-refractivity contribution in [2.45, 2.75) is 20.3 Å². The first kappa shape index (κ1) is 15.0. The van der Waals surface area contributed by atoms with Gasteiger partial charge in [-0.2, -0.15) is 0 Å². The molecule has 1 aromatic heterocycles. The molecule has 0 atom stereocenters. The second-order valence-corrected chi connectivity index (χ2v) is 5.60. The number of aromatic amines is 1. The number of hydrogen-bond donors (Lipinski definition) is 2. The molecule has 23 heavy (non-hydrogen) atoms. The van der Waals surface area contributed by atoms with Crippen LogP contribution in [0.2, 0.25) is 0 Å². The minimum absolute atomic E-state index is 0.119. The van der Waals surface area contributed by atoms with Gasteiger partial charge in [0.1, 0.15) is 5.82 Å². The Hall–Kier alpha value is -2.95. The van der Waals surface area contributed by atoms with Crippen LogP contribution >= 0.6 is 0 Å². The minimum Gasteiger partial charge on any atom is -0.478 e. The summed E-state index contributed by atoms with van der Waals surface area (Å²) >= 11 is 0. The summed E-state index contributed by atoms with van der Waals surface area (Å²) in [5.41, 5.74) is 3.64. The van der Waals surface area contributed by atoms with Gasteiger partial charge in [0.05, 0.1) is 16.5 Å². The summed E-state index contributed by atoms with van der Waals surface area (Å²) in [5.74, 6) is -0.507. The summed E-state index contributed by atoms with van der Waals surface area (Å²) in [6.07, 6.45) is 0.501. The van der Waals surface area contributed by atoms with Crippen LogP contribution in [-0.4, -0.2) is 21.0 Å². The number of aryl methyl sites for hydroxylation is 2. The summed E-state index contributed by atoms with van der Waals surface area (Å²) in [4.78, 5) is 30.5. The van der Waals surface area contributed by atoms with E-state index in [0.29, 0.717) is 23.1 Å². The topological polar surface area (TPSA) is 83.0 Å². The molecule has 116 valence electrons. The third kappa shape index (κ3) is 2.85. The third-order valence-electron chi connectivity index (χ3n) is 3.99. The van der Waals surface area contributed by atoms with E-state index in [2.05, 4.69) is 9.97 Å². The molecule has 0 saturated heterocycles. The Balaban J connectivity index is 2.11. The standard InChI is InChI=1S/C18H16N2O3/c1-10-4-3-5-11(2)14(10)9-16-19-15-8-12(18(22)23)6-7-13(15)17(21)20-16/h3-8H,9H2,1-2H3,(H,22,23)(H,19,20,21). The van der Waals surface area contributed by atoms with Gasteiger partial charge in [0, 0.05) is 6.42 Å². The monoisotopic (exact) mass is 308 g/mol. The molecule has 3 rings (SSSR count). The van der Waals surface area contributed by atoms with Crippen LogP contribution in [-0.2, 0) is 6.42 Å². The highest BCUT2D eigenvalue weighted by Gasteiger charge is 2.10. The lowest BCUT2D eigenvalue weighted by molar-refractivity contribution is 0.0697. The molecule has 5 heteroatoms. The van der Waals surface area contributed by atoms with Gasteiger partial charge in [-0.25, -0.2) is 9.78 Å². The number of aromatic nitrogens is 2. The van der Waals surface area contributed by atoms with Crippen molar-refractivity contribution in [1.29, 1.82) is 0 Å². The molecule has 3 aromatic rings. The number of H-pyrrole nitrogens is 1. The molecule has 5 nitrogen and oxygen atoms in total. The van der Waals surface area contributed by atoms with Crippen molar-refractivity contribution >= 4 is 16.9 Å². The normalized spacial score (nSPS) is 10.9. The van der Waals surface area contributed by atoms with E-state index in [1.54, 1.807) is 0 Å². The molecule has 0 bridgehead atoms. The number of fused-ring (bicyclic) bond motifs is 1. The molecule has 0 aliphatic carbocycles. The number of benzene rings is 2. The highest BCUT2D eigenvalue weighted by molar-refractivity contribution is 5.92.